The van der Waals surface area contributed by atoms with E-state index in [1.54, 1.807) is 6.08 Å². The van der Waals surface area contributed by atoms with Crippen molar-refractivity contribution >= 4 is 45.5 Å². The second-order valence-electron chi connectivity index (χ2n) is 7.47. The van der Waals surface area contributed by atoms with Gasteiger partial charge in [-0.3, -0.25) is 9.69 Å². The minimum absolute atomic E-state index is 0.227. The molecule has 5 nitrogen and oxygen atoms in total. The fourth-order valence-electron chi connectivity index (χ4n) is 3.34. The number of ether oxygens (including phenoxy) is 1. The van der Waals surface area contributed by atoms with E-state index in [0.29, 0.717) is 17.4 Å². The first-order valence-electron chi connectivity index (χ1n) is 9.96. The molecular weight excluding hydrogens is 492 g/mol. The van der Waals surface area contributed by atoms with E-state index in [0.717, 1.165) is 26.7 Å². The molecule has 3 aromatic rings. The first-order chi connectivity index (χ1) is 15.4. The van der Waals surface area contributed by atoms with Crippen molar-refractivity contribution in [3.63, 3.8) is 0 Å². The Balaban J connectivity index is 1.45. The highest BCUT2D eigenvalue weighted by molar-refractivity contribution is 9.10. The molecule has 7 heteroatoms. The summed E-state index contributed by atoms with van der Waals surface area (Å²) in [6.07, 6.45) is 1.66. The van der Waals surface area contributed by atoms with E-state index in [9.17, 15) is 9.59 Å². The Hall–Kier alpha value is -3.09. The maximum absolute atomic E-state index is 12.8. The third kappa shape index (κ3) is 5.21. The van der Waals surface area contributed by atoms with Gasteiger partial charge in [0.15, 0.2) is 0 Å². The summed E-state index contributed by atoms with van der Waals surface area (Å²) in [6, 6.07) is 20.3. The zero-order valence-corrected chi connectivity index (χ0v) is 19.6. The van der Waals surface area contributed by atoms with E-state index in [1.165, 1.54) is 4.90 Å². The van der Waals surface area contributed by atoms with Gasteiger partial charge in [0, 0.05) is 5.02 Å². The number of imide groups is 1. The Kier molecular flexibility index (Phi) is 6.63. The molecule has 162 valence electrons. The Morgan fingerprint density at radius 1 is 1.03 bits per heavy atom. The Morgan fingerprint density at radius 2 is 1.81 bits per heavy atom. The summed E-state index contributed by atoms with van der Waals surface area (Å²) in [7, 11) is 0. The lowest BCUT2D eigenvalue weighted by Crippen LogP contribution is -2.30. The highest BCUT2D eigenvalue weighted by Gasteiger charge is 2.33. The molecule has 0 bridgehead atoms. The van der Waals surface area contributed by atoms with Gasteiger partial charge in [-0.05, 0) is 69.9 Å². The van der Waals surface area contributed by atoms with Gasteiger partial charge in [0.1, 0.15) is 18.1 Å². The molecule has 1 heterocycles. The molecule has 1 aliphatic rings. The Bertz CT molecular complexity index is 1210. The fourth-order valence-corrected chi connectivity index (χ4v) is 3.98. The van der Waals surface area contributed by atoms with Crippen molar-refractivity contribution in [3.05, 3.63) is 104 Å². The van der Waals surface area contributed by atoms with Gasteiger partial charge in [0.2, 0.25) is 0 Å². The quantitative estimate of drug-likeness (QED) is 0.322. The van der Waals surface area contributed by atoms with Crippen LogP contribution >= 0.6 is 27.5 Å². The van der Waals surface area contributed by atoms with E-state index in [1.807, 2.05) is 73.7 Å². The summed E-state index contributed by atoms with van der Waals surface area (Å²) in [4.78, 5) is 26.3. The maximum Gasteiger partial charge on any atom is 0.329 e. The smallest absolute Gasteiger partial charge is 0.329 e. The average molecular weight is 512 g/mol. The molecule has 32 heavy (non-hydrogen) atoms. The number of carbonyl (C=O) groups is 2. The average Bonchev–Trinajstić information content (AvgIpc) is 3.02. The number of hydrogen-bond donors (Lipinski definition) is 1. The van der Waals surface area contributed by atoms with Crippen LogP contribution in [0.3, 0.4) is 0 Å². The molecule has 4 rings (SSSR count). The number of hydrogen-bond acceptors (Lipinski definition) is 3. The van der Waals surface area contributed by atoms with Crippen LogP contribution < -0.4 is 10.1 Å². The predicted molar refractivity (Wildman–Crippen MR) is 128 cm³/mol. The monoisotopic (exact) mass is 510 g/mol. The molecule has 3 amide bonds. The normalized spacial score (nSPS) is 14.7. The number of nitrogens with one attached hydrogen (secondary N) is 1. The summed E-state index contributed by atoms with van der Waals surface area (Å²) < 4.78 is 6.61. The van der Waals surface area contributed by atoms with E-state index in [2.05, 4.69) is 21.2 Å². The number of urea groups is 1. The van der Waals surface area contributed by atoms with Gasteiger partial charge in [-0.15, -0.1) is 0 Å². The predicted octanol–water partition coefficient (Wildman–Crippen LogP) is 6.08. The number of halogens is 2. The van der Waals surface area contributed by atoms with Crippen molar-refractivity contribution < 1.29 is 14.3 Å². The Labute approximate surface area is 199 Å². The summed E-state index contributed by atoms with van der Waals surface area (Å²) >= 11 is 9.42. The third-order valence-corrected chi connectivity index (χ3v) is 5.83. The lowest BCUT2D eigenvalue weighted by Gasteiger charge is -2.12. The van der Waals surface area contributed by atoms with E-state index >= 15 is 0 Å². The molecule has 0 saturated carbocycles. The second-order valence-corrected chi connectivity index (χ2v) is 8.76. The van der Waals surface area contributed by atoms with Crippen molar-refractivity contribution in [1.82, 2.24) is 10.2 Å². The van der Waals surface area contributed by atoms with Crippen molar-refractivity contribution in [2.75, 3.05) is 0 Å². The molecule has 1 saturated heterocycles. The highest BCUT2D eigenvalue weighted by Crippen LogP contribution is 2.28. The van der Waals surface area contributed by atoms with Crippen LogP contribution in [0.4, 0.5) is 4.79 Å². The molecule has 1 fully saturated rings. The van der Waals surface area contributed by atoms with Crippen molar-refractivity contribution in [2.24, 2.45) is 0 Å². The first-order valence-corrected chi connectivity index (χ1v) is 11.1. The van der Waals surface area contributed by atoms with Gasteiger partial charge in [-0.2, -0.15) is 0 Å². The summed E-state index contributed by atoms with van der Waals surface area (Å²) in [5.41, 5.74) is 3.98. The van der Waals surface area contributed by atoms with Crippen molar-refractivity contribution in [1.29, 1.82) is 0 Å². The maximum atomic E-state index is 12.8. The van der Waals surface area contributed by atoms with Gasteiger partial charge in [0.25, 0.3) is 5.91 Å². The molecule has 0 radical (unpaired) electrons. The van der Waals surface area contributed by atoms with Crippen LogP contribution in [0.2, 0.25) is 5.02 Å². The molecule has 0 unspecified atom stereocenters. The molecule has 0 atom stereocenters. The topological polar surface area (TPSA) is 58.6 Å². The Morgan fingerprint density at radius 3 is 2.53 bits per heavy atom. The number of nitrogens with zero attached hydrogens (tertiary/aromatic N) is 1. The van der Waals surface area contributed by atoms with Gasteiger partial charge in [-0.25, -0.2) is 4.79 Å². The zero-order valence-electron chi connectivity index (χ0n) is 17.3. The van der Waals surface area contributed by atoms with Crippen LogP contribution in [0.1, 0.15) is 22.3 Å². The first kappa shape index (κ1) is 22.1. The lowest BCUT2D eigenvalue weighted by molar-refractivity contribution is -0.123. The zero-order chi connectivity index (χ0) is 22.7. The van der Waals surface area contributed by atoms with Crippen LogP contribution in [0.25, 0.3) is 6.08 Å². The fraction of sp³-hybridized carbons (Fsp3) is 0.120. The van der Waals surface area contributed by atoms with Gasteiger partial charge in [-0.1, -0.05) is 59.6 Å². The lowest BCUT2D eigenvalue weighted by atomic mass is 10.1. The van der Waals surface area contributed by atoms with Crippen LogP contribution in [0.15, 0.2) is 76.9 Å². The third-order valence-electron chi connectivity index (χ3n) is 4.96. The molecule has 0 aromatic heterocycles. The number of benzene rings is 3. The highest BCUT2D eigenvalue weighted by atomic mass is 79.9. The van der Waals surface area contributed by atoms with Crippen LogP contribution in [0.5, 0.6) is 5.75 Å². The molecule has 3 aromatic carbocycles. The molecular formula is C25H20BrClN2O3. The molecule has 0 spiro atoms. The standard InChI is InChI=1S/C25H20BrClN2O3/c1-16-3-2-4-19(11-16)14-29-24(30)22(28-25(29)31)13-18-7-10-23(21(26)12-18)32-15-17-5-8-20(27)9-6-17/h2-13H,14-15H2,1H3,(H,28,31)/b22-13+. The van der Waals surface area contributed by atoms with E-state index in [4.69, 9.17) is 16.3 Å². The summed E-state index contributed by atoms with van der Waals surface area (Å²) in [5, 5.41) is 3.34. The van der Waals surface area contributed by atoms with E-state index in [-0.39, 0.29) is 18.1 Å². The van der Waals surface area contributed by atoms with Crippen molar-refractivity contribution in [2.45, 2.75) is 20.1 Å². The van der Waals surface area contributed by atoms with Gasteiger partial charge < -0.3 is 10.1 Å². The van der Waals surface area contributed by atoms with Crippen LogP contribution in [-0.2, 0) is 17.9 Å². The SMILES string of the molecule is Cc1cccc(CN2C(=O)N/C(=C/c3ccc(OCc4ccc(Cl)cc4)c(Br)c3)C2=O)c1. The summed E-state index contributed by atoms with van der Waals surface area (Å²) in [5.74, 6) is 0.320. The molecule has 1 aliphatic heterocycles. The van der Waals surface area contributed by atoms with Gasteiger partial charge >= 0.3 is 6.03 Å². The van der Waals surface area contributed by atoms with Gasteiger partial charge in [0.05, 0.1) is 11.0 Å². The minimum Gasteiger partial charge on any atom is -0.488 e. The van der Waals surface area contributed by atoms with Crippen LogP contribution in [-0.4, -0.2) is 16.8 Å². The van der Waals surface area contributed by atoms with E-state index < -0.39 is 6.03 Å². The largest absolute Gasteiger partial charge is 0.488 e. The molecule has 0 aliphatic carbocycles. The minimum atomic E-state index is -0.426. The number of carbonyl (C=O) groups excluding carboxylic acids is 2. The number of rotatable bonds is 6. The number of amides is 3. The van der Waals surface area contributed by atoms with Crippen LogP contribution in [0, 0.1) is 6.92 Å². The second kappa shape index (κ2) is 9.59. The van der Waals surface area contributed by atoms with Crippen molar-refractivity contribution in [3.8, 4) is 5.75 Å². The number of aryl methyl sites for hydroxylation is 1. The summed E-state index contributed by atoms with van der Waals surface area (Å²) in [6.45, 7) is 2.60. The molecule has 1 N–H and O–H groups in total.